The summed E-state index contributed by atoms with van der Waals surface area (Å²) in [5.74, 6) is 0. The van der Waals surface area contributed by atoms with Crippen molar-refractivity contribution in [3.63, 3.8) is 0 Å². The molecule has 1 nitrogen and oxygen atoms in total. The molecule has 0 radical (unpaired) electrons. The van der Waals surface area contributed by atoms with E-state index in [2.05, 4.69) is 80.6 Å². The highest BCUT2D eigenvalue weighted by Crippen LogP contribution is 2.47. The summed E-state index contributed by atoms with van der Waals surface area (Å²) in [4.78, 5) is 0. The third-order valence-electron chi connectivity index (χ3n) is 4.63. The first-order chi connectivity index (χ1) is 10.2. The van der Waals surface area contributed by atoms with Gasteiger partial charge in [-0.15, -0.1) is 0 Å². The Labute approximate surface area is 125 Å². The summed E-state index contributed by atoms with van der Waals surface area (Å²) >= 11 is 0. The van der Waals surface area contributed by atoms with E-state index >= 15 is 0 Å². The number of hydrogen-bond acceptors (Lipinski definition) is 1. The molecular weight excluding hydrogens is 256 g/mol. The lowest BCUT2D eigenvalue weighted by atomic mass is 9.86. The first-order valence-corrected chi connectivity index (χ1v) is 7.45. The molecule has 0 amide bonds. The van der Waals surface area contributed by atoms with Crippen LogP contribution in [0.25, 0.3) is 10.8 Å². The van der Waals surface area contributed by atoms with Crippen molar-refractivity contribution in [2.24, 2.45) is 0 Å². The molecule has 0 fully saturated rings. The highest BCUT2D eigenvalue weighted by molar-refractivity contribution is 5.83. The van der Waals surface area contributed by atoms with Gasteiger partial charge in [-0.3, -0.25) is 0 Å². The van der Waals surface area contributed by atoms with Crippen LogP contribution in [0, 0.1) is 0 Å². The molecule has 2 atom stereocenters. The summed E-state index contributed by atoms with van der Waals surface area (Å²) in [6.45, 7) is 4.31. The van der Waals surface area contributed by atoms with E-state index < -0.39 is 0 Å². The molecule has 0 saturated heterocycles. The fourth-order valence-corrected chi connectivity index (χ4v) is 3.48. The second-order valence-electron chi connectivity index (χ2n) is 5.94. The van der Waals surface area contributed by atoms with E-state index in [9.17, 15) is 0 Å². The molecule has 3 aromatic carbocycles. The van der Waals surface area contributed by atoms with Crippen LogP contribution >= 0.6 is 0 Å². The van der Waals surface area contributed by atoms with E-state index in [-0.39, 0.29) is 11.7 Å². The number of fused-ring (bicyclic) bond motifs is 2. The second kappa shape index (κ2) is 4.44. The van der Waals surface area contributed by atoms with Crippen molar-refractivity contribution >= 4 is 10.8 Å². The molecule has 0 saturated carbocycles. The molecule has 1 aliphatic rings. The van der Waals surface area contributed by atoms with Crippen LogP contribution in [0.3, 0.4) is 0 Å². The minimum Gasteiger partial charge on any atom is -0.358 e. The lowest BCUT2D eigenvalue weighted by Gasteiger charge is -2.26. The van der Waals surface area contributed by atoms with Crippen LogP contribution in [0.5, 0.6) is 0 Å². The quantitative estimate of drug-likeness (QED) is 0.593. The van der Waals surface area contributed by atoms with E-state index in [1.54, 1.807) is 0 Å². The van der Waals surface area contributed by atoms with Crippen LogP contribution in [-0.2, 0) is 10.3 Å². The highest BCUT2D eigenvalue weighted by atomic mass is 16.5. The second-order valence-corrected chi connectivity index (χ2v) is 5.94. The number of rotatable bonds is 1. The number of benzene rings is 3. The van der Waals surface area contributed by atoms with Gasteiger partial charge < -0.3 is 4.74 Å². The Morgan fingerprint density at radius 2 is 1.57 bits per heavy atom. The Balaban J connectivity index is 1.92. The fraction of sp³-hybridized carbons (Fsp3) is 0.200. The average molecular weight is 274 g/mol. The normalized spacial score (nSPS) is 24.2. The van der Waals surface area contributed by atoms with Crippen molar-refractivity contribution in [2.45, 2.75) is 25.6 Å². The van der Waals surface area contributed by atoms with Gasteiger partial charge in [-0.25, -0.2) is 0 Å². The van der Waals surface area contributed by atoms with Crippen LogP contribution in [-0.4, -0.2) is 0 Å². The van der Waals surface area contributed by atoms with Crippen LogP contribution in [0.15, 0.2) is 66.7 Å². The van der Waals surface area contributed by atoms with Crippen molar-refractivity contribution in [2.75, 3.05) is 0 Å². The Bertz CT molecular complexity index is 821. The predicted octanol–water partition coefficient (Wildman–Crippen LogP) is 5.19. The number of ether oxygens (including phenoxy) is 1. The van der Waals surface area contributed by atoms with Gasteiger partial charge in [-0.2, -0.15) is 0 Å². The van der Waals surface area contributed by atoms with Crippen molar-refractivity contribution in [3.8, 4) is 0 Å². The molecule has 21 heavy (non-hydrogen) atoms. The molecule has 3 aromatic rings. The van der Waals surface area contributed by atoms with Gasteiger partial charge in [0.05, 0.1) is 6.10 Å². The summed E-state index contributed by atoms with van der Waals surface area (Å²) in [5, 5.41) is 2.53. The van der Waals surface area contributed by atoms with Crippen molar-refractivity contribution in [1.82, 2.24) is 0 Å². The standard InChI is InChI=1S/C20H18O/c1-14-18-9-5-6-10-19(18)20(2,21-14)17-12-11-15-7-3-4-8-16(15)13-17/h3-14H,1-2H3. The van der Waals surface area contributed by atoms with Gasteiger partial charge in [-0.1, -0.05) is 60.7 Å². The first-order valence-electron chi connectivity index (χ1n) is 7.45. The summed E-state index contributed by atoms with van der Waals surface area (Å²) in [7, 11) is 0. The summed E-state index contributed by atoms with van der Waals surface area (Å²) in [6.07, 6.45) is 0.137. The van der Waals surface area contributed by atoms with Gasteiger partial charge in [0.15, 0.2) is 0 Å². The van der Waals surface area contributed by atoms with E-state index in [1.165, 1.54) is 27.5 Å². The zero-order valence-corrected chi connectivity index (χ0v) is 12.3. The van der Waals surface area contributed by atoms with Gasteiger partial charge >= 0.3 is 0 Å². The predicted molar refractivity (Wildman–Crippen MR) is 86.3 cm³/mol. The van der Waals surface area contributed by atoms with Crippen LogP contribution in [0.1, 0.15) is 36.6 Å². The molecule has 1 heteroatoms. The van der Waals surface area contributed by atoms with Crippen molar-refractivity contribution in [3.05, 3.63) is 83.4 Å². The summed E-state index contributed by atoms with van der Waals surface area (Å²) in [6, 6.07) is 23.6. The molecule has 0 aromatic heterocycles. The van der Waals surface area contributed by atoms with Crippen molar-refractivity contribution < 1.29 is 4.74 Å². The van der Waals surface area contributed by atoms with Gasteiger partial charge in [0.2, 0.25) is 0 Å². The summed E-state index contributed by atoms with van der Waals surface area (Å²) < 4.78 is 6.35. The lowest BCUT2D eigenvalue weighted by Crippen LogP contribution is -2.22. The SMILES string of the molecule is CC1OC(C)(c2ccc3ccccc3c2)c2ccccc21. The Morgan fingerprint density at radius 3 is 2.43 bits per heavy atom. The van der Waals surface area contributed by atoms with Crippen LogP contribution in [0.4, 0.5) is 0 Å². The smallest absolute Gasteiger partial charge is 0.116 e. The van der Waals surface area contributed by atoms with Crippen LogP contribution in [0.2, 0.25) is 0 Å². The zero-order valence-electron chi connectivity index (χ0n) is 12.3. The monoisotopic (exact) mass is 274 g/mol. The van der Waals surface area contributed by atoms with E-state index in [4.69, 9.17) is 4.74 Å². The molecule has 0 aliphatic carbocycles. The van der Waals surface area contributed by atoms with Crippen LogP contribution < -0.4 is 0 Å². The molecule has 2 unspecified atom stereocenters. The van der Waals surface area contributed by atoms with Crippen molar-refractivity contribution in [1.29, 1.82) is 0 Å². The number of hydrogen-bond donors (Lipinski definition) is 0. The van der Waals surface area contributed by atoms with Gasteiger partial charge in [0, 0.05) is 0 Å². The maximum atomic E-state index is 6.35. The third kappa shape index (κ3) is 1.81. The topological polar surface area (TPSA) is 9.23 Å². The average Bonchev–Trinajstić information content (AvgIpc) is 2.80. The lowest BCUT2D eigenvalue weighted by molar-refractivity contribution is -0.0279. The van der Waals surface area contributed by atoms with Gasteiger partial charge in [0.1, 0.15) is 5.60 Å². The highest BCUT2D eigenvalue weighted by Gasteiger charge is 2.40. The maximum absolute atomic E-state index is 6.35. The van der Waals surface area contributed by atoms with Gasteiger partial charge in [0.25, 0.3) is 0 Å². The largest absolute Gasteiger partial charge is 0.358 e. The molecule has 1 heterocycles. The Hall–Kier alpha value is -2.12. The minimum atomic E-state index is -0.361. The molecule has 0 bridgehead atoms. The molecule has 0 N–H and O–H groups in total. The zero-order chi connectivity index (χ0) is 14.4. The Kier molecular flexibility index (Phi) is 2.66. The molecule has 4 rings (SSSR count). The van der Waals surface area contributed by atoms with E-state index in [0.717, 1.165) is 0 Å². The molecule has 1 aliphatic heterocycles. The third-order valence-corrected chi connectivity index (χ3v) is 4.63. The van der Waals surface area contributed by atoms with E-state index in [1.807, 2.05) is 0 Å². The molecule has 0 spiro atoms. The van der Waals surface area contributed by atoms with Gasteiger partial charge in [-0.05, 0) is 47.4 Å². The first kappa shape index (κ1) is 12.6. The van der Waals surface area contributed by atoms with E-state index in [0.29, 0.717) is 0 Å². The molecule has 104 valence electrons. The Morgan fingerprint density at radius 1 is 0.857 bits per heavy atom. The summed E-state index contributed by atoms with van der Waals surface area (Å²) in [5.41, 5.74) is 3.44. The fourth-order valence-electron chi connectivity index (χ4n) is 3.48. The molecular formula is C20H18O. The maximum Gasteiger partial charge on any atom is 0.116 e. The minimum absolute atomic E-state index is 0.137.